The first-order chi connectivity index (χ1) is 3.79. The van der Waals surface area contributed by atoms with Gasteiger partial charge in [-0.25, -0.2) is 0 Å². The minimum absolute atomic E-state index is 0.159. The fraction of sp³-hybridized carbons (Fsp3) is 0.500. The minimum Gasteiger partial charge on any atom is -0.287 e. The molecule has 0 spiro atoms. The van der Waals surface area contributed by atoms with Crippen LogP contribution in [0.3, 0.4) is 0 Å². The summed E-state index contributed by atoms with van der Waals surface area (Å²) in [7, 11) is 0. The van der Waals surface area contributed by atoms with Gasteiger partial charge in [0.2, 0.25) is 5.91 Å². The number of hydrogen-bond acceptors (Lipinski definition) is 3. The van der Waals surface area contributed by atoms with Crippen molar-refractivity contribution in [2.45, 2.75) is 6.42 Å². The lowest BCUT2D eigenvalue weighted by Crippen LogP contribution is -2.31. The molecule has 2 amide bonds. The quantitative estimate of drug-likeness (QED) is 0.516. The number of amides is 2. The third-order valence-corrected chi connectivity index (χ3v) is 1.58. The molecule has 1 saturated heterocycles. The molecule has 1 fully saturated rings. The van der Waals surface area contributed by atoms with Gasteiger partial charge in [-0.1, -0.05) is 11.8 Å². The first kappa shape index (κ1) is 5.62. The second kappa shape index (κ2) is 2.17. The molecule has 1 heterocycles. The van der Waals surface area contributed by atoms with Crippen molar-refractivity contribution in [3.05, 3.63) is 0 Å². The summed E-state index contributed by atoms with van der Waals surface area (Å²) in [5, 5.41) is 1.94. The summed E-state index contributed by atoms with van der Waals surface area (Å²) >= 11 is 1.15. The van der Waals surface area contributed by atoms with Crippen LogP contribution in [0, 0.1) is 0 Å². The molecular formula is C4H5NO2S. The largest absolute Gasteiger partial charge is 0.287 e. The maximum Gasteiger partial charge on any atom is 0.285 e. The van der Waals surface area contributed by atoms with E-state index in [4.69, 9.17) is 0 Å². The zero-order chi connectivity index (χ0) is 5.98. The normalized spacial score (nSPS) is 20.5. The van der Waals surface area contributed by atoms with E-state index in [-0.39, 0.29) is 11.1 Å². The molecule has 1 aliphatic rings. The molecule has 0 aromatic carbocycles. The van der Waals surface area contributed by atoms with E-state index in [9.17, 15) is 9.59 Å². The number of imide groups is 1. The molecule has 1 aliphatic heterocycles. The molecular weight excluding hydrogens is 126 g/mol. The summed E-state index contributed by atoms with van der Waals surface area (Å²) in [5.41, 5.74) is 0. The number of hydrogen-bond donors (Lipinski definition) is 1. The van der Waals surface area contributed by atoms with Crippen LogP contribution in [0.15, 0.2) is 0 Å². The lowest BCUT2D eigenvalue weighted by molar-refractivity contribution is -0.119. The molecule has 0 radical (unpaired) electrons. The van der Waals surface area contributed by atoms with Gasteiger partial charge in [0.05, 0.1) is 0 Å². The third-order valence-electron chi connectivity index (χ3n) is 0.804. The van der Waals surface area contributed by atoms with Crippen molar-refractivity contribution in [2.24, 2.45) is 0 Å². The molecule has 0 unspecified atom stereocenters. The van der Waals surface area contributed by atoms with Gasteiger partial charge in [0.1, 0.15) is 0 Å². The van der Waals surface area contributed by atoms with Gasteiger partial charge in [-0.2, -0.15) is 0 Å². The molecule has 0 saturated carbocycles. The van der Waals surface area contributed by atoms with E-state index in [1.807, 2.05) is 0 Å². The minimum atomic E-state index is -0.221. The van der Waals surface area contributed by atoms with Gasteiger partial charge in [-0.3, -0.25) is 14.9 Å². The summed E-state index contributed by atoms with van der Waals surface area (Å²) in [4.78, 5) is 20.6. The van der Waals surface area contributed by atoms with Crippen molar-refractivity contribution < 1.29 is 9.59 Å². The predicted octanol–water partition coefficient (Wildman–Crippen LogP) is 0.360. The average molecular weight is 131 g/mol. The van der Waals surface area contributed by atoms with Crippen LogP contribution in [0.1, 0.15) is 6.42 Å². The van der Waals surface area contributed by atoms with Crippen molar-refractivity contribution in [1.82, 2.24) is 5.32 Å². The molecule has 44 valence electrons. The fourth-order valence-corrected chi connectivity index (χ4v) is 1.11. The Balaban J connectivity index is 2.45. The van der Waals surface area contributed by atoms with Crippen LogP contribution in [0.5, 0.6) is 0 Å². The Morgan fingerprint density at radius 2 is 2.25 bits per heavy atom. The van der Waals surface area contributed by atoms with E-state index in [1.54, 1.807) is 0 Å². The second-order valence-corrected chi connectivity index (χ2v) is 2.50. The highest BCUT2D eigenvalue weighted by atomic mass is 32.2. The lowest BCUT2D eigenvalue weighted by Gasteiger charge is -2.06. The van der Waals surface area contributed by atoms with Gasteiger partial charge in [0, 0.05) is 12.2 Å². The summed E-state index contributed by atoms with van der Waals surface area (Å²) in [5.74, 6) is 0.471. The van der Waals surface area contributed by atoms with Crippen LogP contribution in [-0.4, -0.2) is 16.9 Å². The molecule has 1 rings (SSSR count). The van der Waals surface area contributed by atoms with E-state index in [1.165, 1.54) is 0 Å². The Kier molecular flexibility index (Phi) is 1.53. The van der Waals surface area contributed by atoms with Crippen LogP contribution in [-0.2, 0) is 4.79 Å². The van der Waals surface area contributed by atoms with Crippen molar-refractivity contribution in [3.8, 4) is 0 Å². The molecule has 1 N–H and O–H groups in total. The first-order valence-electron chi connectivity index (χ1n) is 2.25. The standard InChI is InChI=1S/C4H5NO2S/c6-3-1-2-8-4(7)5-3/h1-2H2,(H,5,6,7). The number of thioether (sulfide) groups is 1. The van der Waals surface area contributed by atoms with E-state index < -0.39 is 0 Å². The van der Waals surface area contributed by atoms with Crippen molar-refractivity contribution in [1.29, 1.82) is 0 Å². The topological polar surface area (TPSA) is 46.2 Å². The highest BCUT2D eigenvalue weighted by molar-refractivity contribution is 8.13. The van der Waals surface area contributed by atoms with E-state index in [0.29, 0.717) is 12.2 Å². The molecule has 0 aliphatic carbocycles. The highest BCUT2D eigenvalue weighted by Crippen LogP contribution is 2.07. The molecule has 8 heavy (non-hydrogen) atoms. The van der Waals surface area contributed by atoms with E-state index in [0.717, 1.165) is 11.8 Å². The Morgan fingerprint density at radius 1 is 1.50 bits per heavy atom. The maximum atomic E-state index is 10.3. The van der Waals surface area contributed by atoms with Gasteiger partial charge in [0.25, 0.3) is 5.24 Å². The molecule has 3 nitrogen and oxygen atoms in total. The molecule has 4 heteroatoms. The van der Waals surface area contributed by atoms with Crippen molar-refractivity contribution in [3.63, 3.8) is 0 Å². The average Bonchev–Trinajstić information content (AvgIpc) is 1.64. The maximum absolute atomic E-state index is 10.3. The van der Waals surface area contributed by atoms with Gasteiger partial charge in [-0.05, 0) is 0 Å². The van der Waals surface area contributed by atoms with Gasteiger partial charge < -0.3 is 0 Å². The van der Waals surface area contributed by atoms with Crippen molar-refractivity contribution in [2.75, 3.05) is 5.75 Å². The van der Waals surface area contributed by atoms with Gasteiger partial charge >= 0.3 is 0 Å². The predicted molar refractivity (Wildman–Crippen MR) is 30.6 cm³/mol. The van der Waals surface area contributed by atoms with Crippen LogP contribution < -0.4 is 5.32 Å². The summed E-state index contributed by atoms with van der Waals surface area (Å²) in [6.45, 7) is 0. The Hall–Kier alpha value is -0.510. The molecule has 0 atom stereocenters. The Labute approximate surface area is 50.8 Å². The first-order valence-corrected chi connectivity index (χ1v) is 3.24. The Morgan fingerprint density at radius 3 is 2.62 bits per heavy atom. The number of carbonyl (C=O) groups excluding carboxylic acids is 2. The van der Waals surface area contributed by atoms with Crippen LogP contribution >= 0.6 is 11.8 Å². The van der Waals surface area contributed by atoms with Crippen LogP contribution in [0.2, 0.25) is 0 Å². The van der Waals surface area contributed by atoms with Gasteiger partial charge in [0.15, 0.2) is 0 Å². The number of rotatable bonds is 0. The Bertz CT molecular complexity index is 120. The molecule has 0 aromatic rings. The lowest BCUT2D eigenvalue weighted by atomic mass is 10.4. The number of nitrogens with one attached hydrogen (secondary N) is 1. The van der Waals surface area contributed by atoms with E-state index >= 15 is 0 Å². The van der Waals surface area contributed by atoms with Gasteiger partial charge in [-0.15, -0.1) is 0 Å². The highest BCUT2D eigenvalue weighted by Gasteiger charge is 2.13. The summed E-state index contributed by atoms with van der Waals surface area (Å²) < 4.78 is 0. The monoisotopic (exact) mass is 131 g/mol. The van der Waals surface area contributed by atoms with E-state index in [2.05, 4.69) is 5.32 Å². The zero-order valence-corrected chi connectivity index (χ0v) is 4.96. The SMILES string of the molecule is O=C1CCSC(=O)N1. The fourth-order valence-electron chi connectivity index (χ4n) is 0.449. The second-order valence-electron chi connectivity index (χ2n) is 1.43. The smallest absolute Gasteiger partial charge is 0.285 e. The summed E-state index contributed by atoms with van der Waals surface area (Å²) in [6.07, 6.45) is 0.469. The number of carbonyl (C=O) groups is 2. The molecule has 0 bridgehead atoms. The third kappa shape index (κ3) is 1.23. The zero-order valence-electron chi connectivity index (χ0n) is 4.14. The van der Waals surface area contributed by atoms with Crippen LogP contribution in [0.25, 0.3) is 0 Å². The molecule has 0 aromatic heterocycles. The van der Waals surface area contributed by atoms with Crippen LogP contribution in [0.4, 0.5) is 4.79 Å². The van der Waals surface area contributed by atoms with Crippen molar-refractivity contribution >= 4 is 22.9 Å². The summed E-state index contributed by atoms with van der Waals surface area (Å²) in [6, 6.07) is 0.